The van der Waals surface area contributed by atoms with E-state index in [1.807, 2.05) is 6.07 Å². The molecule has 1 N–H and O–H groups in total. The highest BCUT2D eigenvalue weighted by Gasteiger charge is 2.24. The van der Waals surface area contributed by atoms with Crippen LogP contribution in [-0.4, -0.2) is 32.1 Å². The van der Waals surface area contributed by atoms with E-state index in [0.717, 1.165) is 0 Å². The van der Waals surface area contributed by atoms with Crippen molar-refractivity contribution in [3.63, 3.8) is 0 Å². The molecular weight excluding hydrogens is 388 g/mol. The summed E-state index contributed by atoms with van der Waals surface area (Å²) in [7, 11) is 2.71. The molecule has 0 saturated carbocycles. The maximum atomic E-state index is 12.6. The predicted molar refractivity (Wildman–Crippen MR) is 107 cm³/mol. The predicted octanol–water partition coefficient (Wildman–Crippen LogP) is 2.19. The Labute approximate surface area is 171 Å². The summed E-state index contributed by atoms with van der Waals surface area (Å²) in [4.78, 5) is 36.9. The summed E-state index contributed by atoms with van der Waals surface area (Å²) < 4.78 is 15.2. The van der Waals surface area contributed by atoms with Crippen molar-refractivity contribution in [3.8, 4) is 11.8 Å². The van der Waals surface area contributed by atoms with Crippen molar-refractivity contribution in [1.82, 2.24) is 5.32 Å². The van der Waals surface area contributed by atoms with Gasteiger partial charge >= 0.3 is 11.6 Å². The van der Waals surface area contributed by atoms with Gasteiger partial charge in [-0.1, -0.05) is 0 Å². The number of hydrogen-bond acceptors (Lipinski definition) is 7. The van der Waals surface area contributed by atoms with Gasteiger partial charge in [0.05, 0.1) is 25.9 Å². The molecule has 0 aliphatic rings. The van der Waals surface area contributed by atoms with Crippen LogP contribution < -0.4 is 15.7 Å². The van der Waals surface area contributed by atoms with Gasteiger partial charge in [-0.25, -0.2) is 9.59 Å². The lowest BCUT2D eigenvalue weighted by Crippen LogP contribution is -2.43. The first-order valence-electron chi connectivity index (χ1n) is 8.94. The lowest BCUT2D eigenvalue weighted by atomic mass is 10.0. The number of esters is 1. The Balaban J connectivity index is 1.91. The summed E-state index contributed by atoms with van der Waals surface area (Å²) in [5.41, 5.74) is 0.921. The quantitative estimate of drug-likeness (QED) is 0.492. The molecule has 8 nitrogen and oxygen atoms in total. The first-order valence-corrected chi connectivity index (χ1v) is 8.94. The second-order valence-corrected chi connectivity index (χ2v) is 6.40. The van der Waals surface area contributed by atoms with E-state index in [9.17, 15) is 14.4 Å². The molecule has 8 heteroatoms. The van der Waals surface area contributed by atoms with Crippen LogP contribution in [0.3, 0.4) is 0 Å². The van der Waals surface area contributed by atoms with Crippen LogP contribution in [0.15, 0.2) is 57.7 Å². The van der Waals surface area contributed by atoms with E-state index in [0.29, 0.717) is 27.8 Å². The van der Waals surface area contributed by atoms with Gasteiger partial charge in [-0.15, -0.1) is 0 Å². The highest BCUT2D eigenvalue weighted by atomic mass is 16.5. The molecule has 0 spiro atoms. The van der Waals surface area contributed by atoms with E-state index in [1.165, 1.54) is 44.6 Å². The summed E-state index contributed by atoms with van der Waals surface area (Å²) in [5.74, 6) is -0.655. The van der Waals surface area contributed by atoms with Crippen LogP contribution in [0.5, 0.6) is 5.75 Å². The molecule has 1 aromatic heterocycles. The second-order valence-electron chi connectivity index (χ2n) is 6.40. The third-order valence-electron chi connectivity index (χ3n) is 4.53. The SMILES string of the molecule is COC(=O)[C@@H](Cc1cc(=O)oc2cc(OC)ccc12)NC(=O)c1ccc(C#N)cc1. The second kappa shape index (κ2) is 8.92. The Morgan fingerprint density at radius 1 is 1.13 bits per heavy atom. The Bertz CT molecular complexity index is 1190. The lowest BCUT2D eigenvalue weighted by molar-refractivity contribution is -0.142. The van der Waals surface area contributed by atoms with Crippen molar-refractivity contribution >= 4 is 22.8 Å². The smallest absolute Gasteiger partial charge is 0.336 e. The number of benzene rings is 2. The standard InChI is InChI=1S/C22H18N2O6/c1-28-16-7-8-17-15(10-20(25)30-19(17)11-16)9-18(22(27)29-2)24-21(26)14-5-3-13(12-23)4-6-14/h3-8,10-11,18H,9H2,1-2H3,(H,24,26)/t18-/m1/s1. The Morgan fingerprint density at radius 2 is 1.87 bits per heavy atom. The number of rotatable bonds is 6. The number of carbonyl (C=O) groups is 2. The van der Waals surface area contributed by atoms with Crippen molar-refractivity contribution in [3.05, 3.63) is 75.6 Å². The summed E-state index contributed by atoms with van der Waals surface area (Å²) in [6.07, 6.45) is 0.0170. The van der Waals surface area contributed by atoms with Crippen molar-refractivity contribution in [1.29, 1.82) is 5.26 Å². The fourth-order valence-corrected chi connectivity index (χ4v) is 3.00. The van der Waals surface area contributed by atoms with Gasteiger partial charge in [-0.3, -0.25) is 4.79 Å². The van der Waals surface area contributed by atoms with Gasteiger partial charge in [0.2, 0.25) is 0 Å². The Kier molecular flexibility index (Phi) is 6.13. The van der Waals surface area contributed by atoms with Crippen molar-refractivity contribution < 1.29 is 23.5 Å². The van der Waals surface area contributed by atoms with Gasteiger partial charge in [0.25, 0.3) is 5.91 Å². The molecule has 0 bridgehead atoms. The van der Waals surface area contributed by atoms with E-state index >= 15 is 0 Å². The molecule has 3 aromatic rings. The summed E-state index contributed by atoms with van der Waals surface area (Å²) in [5, 5.41) is 12.1. The third kappa shape index (κ3) is 4.47. The average molecular weight is 406 g/mol. The molecule has 0 saturated heterocycles. The van der Waals surface area contributed by atoms with Crippen LogP contribution in [-0.2, 0) is 16.0 Å². The minimum atomic E-state index is -1.04. The highest BCUT2D eigenvalue weighted by Crippen LogP contribution is 2.23. The summed E-state index contributed by atoms with van der Waals surface area (Å²) in [6.45, 7) is 0. The topological polar surface area (TPSA) is 119 Å². The van der Waals surface area contributed by atoms with Gasteiger partial charge in [0.15, 0.2) is 0 Å². The van der Waals surface area contributed by atoms with Crippen LogP contribution in [0.4, 0.5) is 0 Å². The number of methoxy groups -OCH3 is 2. The average Bonchev–Trinajstić information content (AvgIpc) is 2.77. The molecule has 152 valence electrons. The molecule has 0 fully saturated rings. The van der Waals surface area contributed by atoms with Gasteiger partial charge in [0.1, 0.15) is 17.4 Å². The fraction of sp³-hybridized carbons (Fsp3) is 0.182. The van der Waals surface area contributed by atoms with E-state index in [1.54, 1.807) is 18.2 Å². The van der Waals surface area contributed by atoms with Crippen molar-refractivity contribution in [2.24, 2.45) is 0 Å². The lowest BCUT2D eigenvalue weighted by Gasteiger charge is -2.17. The minimum absolute atomic E-state index is 0.0170. The van der Waals surface area contributed by atoms with Crippen LogP contribution >= 0.6 is 0 Å². The van der Waals surface area contributed by atoms with E-state index < -0.39 is 23.5 Å². The Hall–Kier alpha value is -4.12. The molecule has 0 unspecified atom stereocenters. The first-order chi connectivity index (χ1) is 14.4. The number of nitriles is 1. The maximum Gasteiger partial charge on any atom is 0.336 e. The van der Waals surface area contributed by atoms with E-state index in [4.69, 9.17) is 19.2 Å². The highest BCUT2D eigenvalue weighted by molar-refractivity contribution is 5.97. The molecular formula is C22H18N2O6. The Morgan fingerprint density at radius 3 is 2.50 bits per heavy atom. The van der Waals surface area contributed by atoms with Gasteiger partial charge in [-0.2, -0.15) is 5.26 Å². The number of nitrogens with zero attached hydrogens (tertiary/aromatic N) is 1. The number of ether oxygens (including phenoxy) is 2. The zero-order valence-electron chi connectivity index (χ0n) is 16.3. The monoisotopic (exact) mass is 406 g/mol. The normalized spacial score (nSPS) is 11.4. The van der Waals surface area contributed by atoms with Gasteiger partial charge in [-0.05, 0) is 42.0 Å². The van der Waals surface area contributed by atoms with Crippen molar-refractivity contribution in [2.75, 3.05) is 14.2 Å². The molecule has 0 radical (unpaired) electrons. The van der Waals surface area contributed by atoms with Crippen LogP contribution in [0.25, 0.3) is 11.0 Å². The first kappa shape index (κ1) is 20.6. The number of amides is 1. The maximum absolute atomic E-state index is 12.6. The van der Waals surface area contributed by atoms with Crippen LogP contribution in [0.1, 0.15) is 21.5 Å². The number of hydrogen-bond donors (Lipinski definition) is 1. The van der Waals surface area contributed by atoms with Crippen LogP contribution in [0, 0.1) is 11.3 Å². The third-order valence-corrected chi connectivity index (χ3v) is 4.53. The number of fused-ring (bicyclic) bond motifs is 1. The minimum Gasteiger partial charge on any atom is -0.497 e. The zero-order chi connectivity index (χ0) is 21.7. The largest absolute Gasteiger partial charge is 0.497 e. The molecule has 30 heavy (non-hydrogen) atoms. The summed E-state index contributed by atoms with van der Waals surface area (Å²) >= 11 is 0. The number of carbonyl (C=O) groups excluding carboxylic acids is 2. The molecule has 3 rings (SSSR count). The number of nitrogens with one attached hydrogen (secondary N) is 1. The summed E-state index contributed by atoms with van der Waals surface area (Å²) in [6, 6.07) is 13.2. The molecule has 0 aliphatic heterocycles. The molecule has 1 amide bonds. The zero-order valence-corrected chi connectivity index (χ0v) is 16.3. The van der Waals surface area contributed by atoms with Gasteiger partial charge in [0, 0.05) is 29.5 Å². The molecule has 0 aliphatic carbocycles. The fourth-order valence-electron chi connectivity index (χ4n) is 3.00. The molecule has 2 aromatic carbocycles. The van der Waals surface area contributed by atoms with Gasteiger partial charge < -0.3 is 19.2 Å². The van der Waals surface area contributed by atoms with E-state index in [-0.39, 0.29) is 12.0 Å². The molecule has 1 atom stereocenters. The van der Waals surface area contributed by atoms with Crippen molar-refractivity contribution in [2.45, 2.75) is 12.5 Å². The molecule has 1 heterocycles. The van der Waals surface area contributed by atoms with E-state index in [2.05, 4.69) is 5.32 Å². The van der Waals surface area contributed by atoms with Crippen LogP contribution in [0.2, 0.25) is 0 Å².